The molecule has 3 nitrogen and oxygen atoms in total. The smallest absolute Gasteiger partial charge is 0.282 e. The van der Waals surface area contributed by atoms with Crippen molar-refractivity contribution in [3.05, 3.63) is 66.2 Å². The Morgan fingerprint density at radius 3 is 2.22 bits per heavy atom. The molecule has 6 heteroatoms. The first kappa shape index (κ1) is 15.1. The Balaban J connectivity index is 2.17. The SMILES string of the molecule is COc1ccc(-c2c(C(F)F)nn(-c3ccccc3)c2F)cc1. The van der Waals surface area contributed by atoms with Crippen molar-refractivity contribution in [2.75, 3.05) is 7.11 Å². The summed E-state index contributed by atoms with van der Waals surface area (Å²) in [7, 11) is 1.49. The van der Waals surface area contributed by atoms with Gasteiger partial charge in [-0.25, -0.2) is 13.5 Å². The van der Waals surface area contributed by atoms with Crippen molar-refractivity contribution < 1.29 is 17.9 Å². The van der Waals surface area contributed by atoms with E-state index in [1.807, 2.05) is 0 Å². The van der Waals surface area contributed by atoms with Crippen LogP contribution in [0, 0.1) is 5.95 Å². The van der Waals surface area contributed by atoms with Gasteiger partial charge in [0.15, 0.2) is 0 Å². The van der Waals surface area contributed by atoms with E-state index in [9.17, 15) is 13.2 Å². The molecule has 0 aliphatic rings. The van der Waals surface area contributed by atoms with Crippen molar-refractivity contribution >= 4 is 0 Å². The molecule has 0 atom stereocenters. The number of alkyl halides is 2. The number of para-hydroxylation sites is 1. The molecule has 3 aromatic rings. The molecule has 0 saturated heterocycles. The van der Waals surface area contributed by atoms with Crippen LogP contribution in [0.4, 0.5) is 13.2 Å². The second-order valence-corrected chi connectivity index (χ2v) is 4.83. The van der Waals surface area contributed by atoms with Crippen molar-refractivity contribution in [1.82, 2.24) is 9.78 Å². The monoisotopic (exact) mass is 318 g/mol. The molecule has 0 unspecified atom stereocenters. The molecule has 0 spiro atoms. The molecule has 0 amide bonds. The Morgan fingerprint density at radius 1 is 1.00 bits per heavy atom. The Hall–Kier alpha value is -2.76. The maximum absolute atomic E-state index is 14.7. The van der Waals surface area contributed by atoms with E-state index < -0.39 is 18.1 Å². The fraction of sp³-hybridized carbons (Fsp3) is 0.118. The highest BCUT2D eigenvalue weighted by atomic mass is 19.3. The second-order valence-electron chi connectivity index (χ2n) is 4.83. The molecule has 118 valence electrons. The van der Waals surface area contributed by atoms with Gasteiger partial charge in [0.25, 0.3) is 6.43 Å². The van der Waals surface area contributed by atoms with Crippen LogP contribution >= 0.6 is 0 Å². The van der Waals surface area contributed by atoms with E-state index in [0.29, 0.717) is 17.0 Å². The van der Waals surface area contributed by atoms with Crippen molar-refractivity contribution in [3.63, 3.8) is 0 Å². The molecule has 0 saturated carbocycles. The highest BCUT2D eigenvalue weighted by Gasteiger charge is 2.26. The molecule has 0 aliphatic heterocycles. The van der Waals surface area contributed by atoms with E-state index in [0.717, 1.165) is 4.68 Å². The number of nitrogens with zero attached hydrogens (tertiary/aromatic N) is 2. The summed E-state index contributed by atoms with van der Waals surface area (Å²) in [5.74, 6) is -0.264. The van der Waals surface area contributed by atoms with Crippen LogP contribution in [0.3, 0.4) is 0 Å². The Morgan fingerprint density at radius 2 is 1.65 bits per heavy atom. The van der Waals surface area contributed by atoms with Gasteiger partial charge in [0.2, 0.25) is 5.95 Å². The Labute approximate surface area is 130 Å². The zero-order valence-electron chi connectivity index (χ0n) is 12.2. The normalized spacial score (nSPS) is 11.0. The van der Waals surface area contributed by atoms with Crippen molar-refractivity contribution in [1.29, 1.82) is 0 Å². The van der Waals surface area contributed by atoms with Crippen LogP contribution in [-0.2, 0) is 0 Å². The van der Waals surface area contributed by atoms with Gasteiger partial charge in [0.1, 0.15) is 11.4 Å². The van der Waals surface area contributed by atoms with Gasteiger partial charge in [0, 0.05) is 0 Å². The maximum atomic E-state index is 14.7. The van der Waals surface area contributed by atoms with Crippen LogP contribution in [0.15, 0.2) is 54.6 Å². The molecule has 23 heavy (non-hydrogen) atoms. The first-order valence-electron chi connectivity index (χ1n) is 6.88. The zero-order valence-corrected chi connectivity index (χ0v) is 12.2. The van der Waals surface area contributed by atoms with Gasteiger partial charge in [-0.2, -0.15) is 9.49 Å². The lowest BCUT2D eigenvalue weighted by Crippen LogP contribution is -1.99. The third-order valence-electron chi connectivity index (χ3n) is 3.44. The van der Waals surface area contributed by atoms with Crippen LogP contribution in [0.2, 0.25) is 0 Å². The molecule has 1 aromatic heterocycles. The van der Waals surface area contributed by atoms with E-state index in [-0.39, 0.29) is 5.56 Å². The number of halogens is 3. The van der Waals surface area contributed by atoms with Gasteiger partial charge in [-0.1, -0.05) is 30.3 Å². The third kappa shape index (κ3) is 2.79. The third-order valence-corrected chi connectivity index (χ3v) is 3.44. The van der Waals surface area contributed by atoms with E-state index in [4.69, 9.17) is 4.74 Å². The van der Waals surface area contributed by atoms with Crippen molar-refractivity contribution in [2.45, 2.75) is 6.43 Å². The summed E-state index contributed by atoms with van der Waals surface area (Å²) < 4.78 is 47.3. The minimum atomic E-state index is -2.88. The summed E-state index contributed by atoms with van der Waals surface area (Å²) in [6.45, 7) is 0. The van der Waals surface area contributed by atoms with E-state index in [2.05, 4.69) is 5.10 Å². The van der Waals surface area contributed by atoms with Crippen molar-refractivity contribution in [2.24, 2.45) is 0 Å². The molecule has 1 heterocycles. The standard InChI is InChI=1S/C17H13F3N2O/c1-23-13-9-7-11(8-10-13)14-15(16(18)19)21-22(17(14)20)12-5-3-2-4-6-12/h2-10,16H,1H3. The lowest BCUT2D eigenvalue weighted by molar-refractivity contribution is 0.146. The number of ether oxygens (including phenoxy) is 1. The highest BCUT2D eigenvalue weighted by Crippen LogP contribution is 2.34. The summed E-state index contributed by atoms with van der Waals surface area (Å²) in [5.41, 5.74) is -0.0875. The summed E-state index contributed by atoms with van der Waals surface area (Å²) >= 11 is 0. The topological polar surface area (TPSA) is 27.1 Å². The number of methoxy groups -OCH3 is 1. The number of rotatable bonds is 4. The highest BCUT2D eigenvalue weighted by molar-refractivity contribution is 5.67. The lowest BCUT2D eigenvalue weighted by Gasteiger charge is -2.04. The zero-order chi connectivity index (χ0) is 16.4. The Kier molecular flexibility index (Phi) is 4.06. The maximum Gasteiger partial charge on any atom is 0.282 e. The average molecular weight is 318 g/mol. The fourth-order valence-corrected chi connectivity index (χ4v) is 2.33. The molecular weight excluding hydrogens is 305 g/mol. The summed E-state index contributed by atoms with van der Waals surface area (Å²) in [4.78, 5) is 0. The predicted molar refractivity (Wildman–Crippen MR) is 80.5 cm³/mol. The van der Waals surface area contributed by atoms with Crippen LogP contribution in [0.5, 0.6) is 5.75 Å². The number of aromatic nitrogens is 2. The van der Waals surface area contributed by atoms with E-state index in [1.165, 1.54) is 19.2 Å². The molecule has 0 aliphatic carbocycles. The largest absolute Gasteiger partial charge is 0.497 e. The van der Waals surface area contributed by atoms with Gasteiger partial charge >= 0.3 is 0 Å². The van der Waals surface area contributed by atoms with Gasteiger partial charge < -0.3 is 4.74 Å². The summed E-state index contributed by atoms with van der Waals surface area (Å²) in [6.07, 6.45) is -2.88. The molecule has 3 rings (SSSR count). The van der Waals surface area contributed by atoms with Crippen LogP contribution in [0.25, 0.3) is 16.8 Å². The predicted octanol–water partition coefficient (Wildman–Crippen LogP) is 4.62. The van der Waals surface area contributed by atoms with E-state index in [1.54, 1.807) is 42.5 Å². The van der Waals surface area contributed by atoms with Crippen LogP contribution in [-0.4, -0.2) is 16.9 Å². The van der Waals surface area contributed by atoms with Gasteiger partial charge in [-0.3, -0.25) is 0 Å². The molecule has 0 radical (unpaired) electrons. The first-order valence-corrected chi connectivity index (χ1v) is 6.88. The second kappa shape index (κ2) is 6.16. The minimum absolute atomic E-state index is 0.202. The summed E-state index contributed by atoms with van der Waals surface area (Å²) in [6, 6.07) is 14.6. The van der Waals surface area contributed by atoms with Gasteiger partial charge in [0.05, 0.1) is 18.4 Å². The quantitative estimate of drug-likeness (QED) is 0.701. The fourth-order valence-electron chi connectivity index (χ4n) is 2.33. The molecule has 0 fully saturated rings. The number of hydrogen-bond acceptors (Lipinski definition) is 2. The van der Waals surface area contributed by atoms with Gasteiger partial charge in [-0.15, -0.1) is 0 Å². The number of hydrogen-bond donors (Lipinski definition) is 0. The molecular formula is C17H13F3N2O. The van der Waals surface area contributed by atoms with E-state index >= 15 is 0 Å². The first-order chi connectivity index (χ1) is 11.1. The van der Waals surface area contributed by atoms with Crippen molar-refractivity contribution in [3.8, 4) is 22.6 Å². The lowest BCUT2D eigenvalue weighted by atomic mass is 10.1. The molecule has 2 aromatic carbocycles. The average Bonchev–Trinajstić information content (AvgIpc) is 2.93. The molecule has 0 N–H and O–H groups in total. The van der Waals surface area contributed by atoms with Crippen LogP contribution in [0.1, 0.15) is 12.1 Å². The molecule has 0 bridgehead atoms. The Bertz CT molecular complexity index is 799. The van der Waals surface area contributed by atoms with Crippen LogP contribution < -0.4 is 4.74 Å². The minimum Gasteiger partial charge on any atom is -0.497 e. The number of benzene rings is 2. The summed E-state index contributed by atoms with van der Waals surface area (Å²) in [5, 5.41) is 3.76. The van der Waals surface area contributed by atoms with Gasteiger partial charge in [-0.05, 0) is 29.8 Å².